The number of nitrogens with zero attached hydrogens (tertiary/aromatic N) is 3. The Bertz CT molecular complexity index is 1800. The molecule has 222 valence electrons. The number of nitrogens with one attached hydrogen (secondary N) is 2. The number of benzene rings is 2. The molecule has 5 rings (SSSR count). The van der Waals surface area contributed by atoms with E-state index >= 15 is 0 Å². The molecule has 0 bridgehead atoms. The molecule has 0 saturated carbocycles. The molecule has 2 aromatic carbocycles. The van der Waals surface area contributed by atoms with Gasteiger partial charge in [-0.15, -0.1) is 0 Å². The van der Waals surface area contributed by atoms with E-state index < -0.39 is 27.6 Å². The Morgan fingerprint density at radius 3 is 2.67 bits per heavy atom. The van der Waals surface area contributed by atoms with Gasteiger partial charge in [-0.1, -0.05) is 6.07 Å². The van der Waals surface area contributed by atoms with E-state index in [9.17, 15) is 17.6 Å². The van der Waals surface area contributed by atoms with Crippen LogP contribution in [0.25, 0.3) is 16.8 Å². The van der Waals surface area contributed by atoms with E-state index in [0.717, 1.165) is 16.7 Å². The third kappa shape index (κ3) is 6.03. The number of fused-ring (bicyclic) bond motifs is 2. The quantitative estimate of drug-likeness (QED) is 0.292. The third-order valence-corrected chi connectivity index (χ3v) is 8.08. The fourth-order valence-electron chi connectivity index (χ4n) is 4.93. The molecular formula is C30H34FN5O5S. The molecular weight excluding hydrogens is 561 g/mol. The van der Waals surface area contributed by atoms with Crippen LogP contribution in [-0.4, -0.2) is 47.3 Å². The molecule has 10 nitrogen and oxygen atoms in total. The van der Waals surface area contributed by atoms with Crippen molar-refractivity contribution in [3.05, 3.63) is 70.9 Å². The average Bonchev–Trinajstić information content (AvgIpc) is 3.54. The first kappa shape index (κ1) is 29.3. The number of halogens is 1. The second-order valence-corrected chi connectivity index (χ2v) is 13.4. The van der Waals surface area contributed by atoms with Crippen molar-refractivity contribution >= 4 is 27.5 Å². The number of imidazole rings is 1. The van der Waals surface area contributed by atoms with Gasteiger partial charge in [0.2, 0.25) is 5.95 Å². The zero-order chi connectivity index (χ0) is 30.4. The Morgan fingerprint density at radius 2 is 1.98 bits per heavy atom. The minimum atomic E-state index is -3.39. The molecule has 1 unspecified atom stereocenters. The first-order chi connectivity index (χ1) is 19.7. The van der Waals surface area contributed by atoms with Crippen molar-refractivity contribution in [1.82, 2.24) is 19.7 Å². The van der Waals surface area contributed by atoms with Crippen molar-refractivity contribution in [1.29, 1.82) is 0 Å². The molecule has 0 fully saturated rings. The lowest BCUT2D eigenvalue weighted by atomic mass is 10.0. The highest BCUT2D eigenvalue weighted by molar-refractivity contribution is 7.90. The van der Waals surface area contributed by atoms with Crippen molar-refractivity contribution in [2.24, 2.45) is 0 Å². The van der Waals surface area contributed by atoms with Gasteiger partial charge in [-0.3, -0.25) is 4.40 Å². The summed E-state index contributed by atoms with van der Waals surface area (Å²) in [5.41, 5.74) is 3.89. The zero-order valence-electron chi connectivity index (χ0n) is 24.4. The number of amides is 1. The van der Waals surface area contributed by atoms with Crippen molar-refractivity contribution in [2.75, 3.05) is 18.2 Å². The minimum Gasteiger partial charge on any atom is -0.493 e. The van der Waals surface area contributed by atoms with Gasteiger partial charge in [0.25, 0.3) is 0 Å². The molecule has 0 saturated heterocycles. The first-order valence-corrected chi connectivity index (χ1v) is 15.5. The maximum absolute atomic E-state index is 14.8. The fraction of sp³-hybridized carbons (Fsp3) is 0.367. The predicted molar refractivity (Wildman–Crippen MR) is 157 cm³/mol. The largest absolute Gasteiger partial charge is 0.493 e. The van der Waals surface area contributed by atoms with Crippen LogP contribution in [0.3, 0.4) is 0 Å². The van der Waals surface area contributed by atoms with Gasteiger partial charge in [0.05, 0.1) is 23.2 Å². The van der Waals surface area contributed by atoms with E-state index in [1.54, 1.807) is 68.8 Å². The Kier molecular flexibility index (Phi) is 7.61. The molecule has 1 aliphatic rings. The predicted octanol–water partition coefficient (Wildman–Crippen LogP) is 5.38. The van der Waals surface area contributed by atoms with Gasteiger partial charge in [-0.25, -0.2) is 27.6 Å². The number of carbonyl (C=O) groups excluding carboxylic acids is 1. The van der Waals surface area contributed by atoms with Crippen molar-refractivity contribution in [3.63, 3.8) is 0 Å². The van der Waals surface area contributed by atoms with E-state index in [1.165, 1.54) is 12.3 Å². The lowest BCUT2D eigenvalue weighted by molar-refractivity contribution is 0.0507. The zero-order valence-corrected chi connectivity index (χ0v) is 25.2. The van der Waals surface area contributed by atoms with Gasteiger partial charge in [0.1, 0.15) is 22.8 Å². The second-order valence-electron chi connectivity index (χ2n) is 11.4. The van der Waals surface area contributed by atoms with E-state index in [0.29, 0.717) is 47.2 Å². The average molecular weight is 596 g/mol. The molecule has 1 atom stereocenters. The van der Waals surface area contributed by atoms with Crippen LogP contribution < -0.4 is 15.4 Å². The number of aryl methyl sites for hydroxylation is 1. The standard InChI is InChI=1S/C30H34FN5O5S/c1-17-13-19(42(6,38)39)7-8-20(17)23-15-33-28(32-14-22-21-11-12-40-26(21)10-9-24(22)31)36-16-25(35-27(23)36)18(2)34-29(37)41-30(3,4)5/h7-10,13,15-16,18H,11-12,14H2,1-6H3,(H,32,33)(H,34,37). The highest BCUT2D eigenvalue weighted by atomic mass is 32.2. The van der Waals surface area contributed by atoms with Crippen LogP contribution in [0.15, 0.2) is 47.6 Å². The summed E-state index contributed by atoms with van der Waals surface area (Å²) in [6.45, 7) is 9.64. The Hall–Kier alpha value is -4.19. The van der Waals surface area contributed by atoms with E-state index in [1.807, 2.05) is 6.92 Å². The molecule has 4 aromatic rings. The van der Waals surface area contributed by atoms with Crippen LogP contribution in [-0.2, 0) is 27.5 Å². The van der Waals surface area contributed by atoms with Gasteiger partial charge in [-0.05, 0) is 70.0 Å². The number of rotatable bonds is 7. The van der Waals surface area contributed by atoms with Crippen molar-refractivity contribution in [2.45, 2.75) is 64.1 Å². The summed E-state index contributed by atoms with van der Waals surface area (Å²) < 4.78 is 51.8. The third-order valence-electron chi connectivity index (χ3n) is 6.97. The normalized spacial score (nSPS) is 13.9. The number of alkyl carbamates (subject to hydrolysis) is 1. The highest BCUT2D eigenvalue weighted by Crippen LogP contribution is 2.33. The van der Waals surface area contributed by atoms with Gasteiger partial charge in [-0.2, -0.15) is 0 Å². The summed E-state index contributed by atoms with van der Waals surface area (Å²) in [5, 5.41) is 6.06. The number of hydrogen-bond acceptors (Lipinski definition) is 8. The summed E-state index contributed by atoms with van der Waals surface area (Å²) in [7, 11) is -3.39. The van der Waals surface area contributed by atoms with Crippen molar-refractivity contribution < 1.29 is 27.1 Å². The second kappa shape index (κ2) is 10.9. The van der Waals surface area contributed by atoms with Crippen LogP contribution in [0.2, 0.25) is 0 Å². The number of carbonyl (C=O) groups is 1. The Morgan fingerprint density at radius 1 is 1.21 bits per heavy atom. The molecule has 12 heteroatoms. The van der Waals surface area contributed by atoms with E-state index in [4.69, 9.17) is 14.5 Å². The summed E-state index contributed by atoms with van der Waals surface area (Å²) in [6.07, 6.45) is 4.62. The number of aromatic nitrogens is 3. The molecule has 0 radical (unpaired) electrons. The van der Waals surface area contributed by atoms with Crippen LogP contribution in [0.5, 0.6) is 5.75 Å². The highest BCUT2D eigenvalue weighted by Gasteiger charge is 2.23. The number of anilines is 1. The Labute approximate surface area is 244 Å². The van der Waals surface area contributed by atoms with Crippen molar-refractivity contribution in [3.8, 4) is 16.9 Å². The summed E-state index contributed by atoms with van der Waals surface area (Å²) in [6, 6.07) is 7.43. The molecule has 0 aliphatic carbocycles. The van der Waals surface area contributed by atoms with Gasteiger partial charge >= 0.3 is 6.09 Å². The molecule has 2 N–H and O–H groups in total. The lowest BCUT2D eigenvalue weighted by Gasteiger charge is -2.21. The number of hydrogen-bond donors (Lipinski definition) is 2. The summed E-state index contributed by atoms with van der Waals surface area (Å²) in [5.74, 6) is 0.766. The minimum absolute atomic E-state index is 0.168. The van der Waals surface area contributed by atoms with Crippen LogP contribution in [0.4, 0.5) is 15.1 Å². The smallest absolute Gasteiger partial charge is 0.408 e. The summed E-state index contributed by atoms with van der Waals surface area (Å²) in [4.78, 5) is 22.2. The topological polar surface area (TPSA) is 124 Å². The molecule has 42 heavy (non-hydrogen) atoms. The monoisotopic (exact) mass is 595 g/mol. The molecule has 0 spiro atoms. The SMILES string of the molecule is Cc1cc(S(C)(=O)=O)ccc1-c1cnc(NCc2c(F)ccc3c2CCO3)n2cc(C(C)NC(=O)OC(C)(C)C)nc12. The van der Waals surface area contributed by atoms with Gasteiger partial charge < -0.3 is 20.1 Å². The van der Waals surface area contributed by atoms with Crippen LogP contribution in [0, 0.1) is 12.7 Å². The molecule has 1 amide bonds. The Balaban J connectivity index is 1.55. The number of ether oxygens (including phenoxy) is 2. The summed E-state index contributed by atoms with van der Waals surface area (Å²) >= 11 is 0. The maximum atomic E-state index is 14.8. The number of sulfone groups is 1. The molecule has 3 heterocycles. The lowest BCUT2D eigenvalue weighted by Crippen LogP contribution is -2.34. The van der Waals surface area contributed by atoms with E-state index in [-0.39, 0.29) is 17.3 Å². The van der Waals surface area contributed by atoms with Crippen LogP contribution >= 0.6 is 0 Å². The van der Waals surface area contributed by atoms with Crippen LogP contribution in [0.1, 0.15) is 56.1 Å². The van der Waals surface area contributed by atoms with Gasteiger partial charge in [0.15, 0.2) is 9.84 Å². The fourth-order valence-corrected chi connectivity index (χ4v) is 5.63. The van der Waals surface area contributed by atoms with E-state index in [2.05, 4.69) is 15.6 Å². The first-order valence-electron chi connectivity index (χ1n) is 13.6. The van der Waals surface area contributed by atoms with Gasteiger partial charge in [0, 0.05) is 48.3 Å². The molecule has 1 aliphatic heterocycles. The maximum Gasteiger partial charge on any atom is 0.408 e. The molecule has 2 aromatic heterocycles.